The molecule has 0 bridgehead atoms. The lowest BCUT2D eigenvalue weighted by Crippen LogP contribution is -2.49. The quantitative estimate of drug-likeness (QED) is 0.720. The lowest BCUT2D eigenvalue weighted by molar-refractivity contribution is 0.0746. The van der Waals surface area contributed by atoms with E-state index in [1.807, 2.05) is 72.5 Å². The van der Waals surface area contributed by atoms with Gasteiger partial charge in [0, 0.05) is 43.4 Å². The van der Waals surface area contributed by atoms with Crippen LogP contribution in [0.3, 0.4) is 0 Å². The highest BCUT2D eigenvalue weighted by molar-refractivity contribution is 5.94. The predicted molar refractivity (Wildman–Crippen MR) is 107 cm³/mol. The molecule has 0 N–H and O–H groups in total. The van der Waals surface area contributed by atoms with Gasteiger partial charge in [-0.15, -0.1) is 0 Å². The molecule has 0 saturated carbocycles. The Kier molecular flexibility index (Phi) is 4.83. The van der Waals surface area contributed by atoms with Crippen LogP contribution in [0.15, 0.2) is 67.0 Å². The highest BCUT2D eigenvalue weighted by Crippen LogP contribution is 2.21. The average molecular weight is 358 g/mol. The number of piperazine rings is 1. The number of aryl methyl sites for hydroxylation is 1. The van der Waals surface area contributed by atoms with E-state index in [4.69, 9.17) is 0 Å². The Morgan fingerprint density at radius 3 is 2.41 bits per heavy atom. The van der Waals surface area contributed by atoms with Crippen LogP contribution >= 0.6 is 0 Å². The van der Waals surface area contributed by atoms with Gasteiger partial charge in [0.25, 0.3) is 5.91 Å². The van der Waals surface area contributed by atoms with Crippen molar-refractivity contribution in [3.63, 3.8) is 0 Å². The maximum atomic E-state index is 12.7. The number of nitrogens with zero attached hydrogens (tertiary/aromatic N) is 4. The van der Waals surface area contributed by atoms with Crippen molar-refractivity contribution in [1.29, 1.82) is 0 Å². The van der Waals surface area contributed by atoms with E-state index >= 15 is 0 Å². The lowest BCUT2D eigenvalue weighted by Gasteiger charge is -2.35. The first-order valence-electron chi connectivity index (χ1n) is 9.19. The number of anilines is 1. The molecule has 2 aromatic carbocycles. The van der Waals surface area contributed by atoms with Gasteiger partial charge in [0.15, 0.2) is 0 Å². The minimum absolute atomic E-state index is 0.103. The molecule has 0 atom stereocenters. The highest BCUT2D eigenvalue weighted by Gasteiger charge is 2.23. The second-order valence-electron chi connectivity index (χ2n) is 6.78. The van der Waals surface area contributed by atoms with Crippen LogP contribution in [0.4, 0.5) is 5.82 Å². The largest absolute Gasteiger partial charge is 0.353 e. The summed E-state index contributed by atoms with van der Waals surface area (Å²) in [6.07, 6.45) is 1.61. The number of carbonyl (C=O) groups excluding carboxylic acids is 1. The number of hydrogen-bond acceptors (Lipinski definition) is 4. The average Bonchev–Trinajstić information content (AvgIpc) is 2.74. The molecule has 1 aliphatic heterocycles. The van der Waals surface area contributed by atoms with Crippen molar-refractivity contribution in [2.24, 2.45) is 0 Å². The molecule has 27 heavy (non-hydrogen) atoms. The van der Waals surface area contributed by atoms with Gasteiger partial charge in [0.2, 0.25) is 0 Å². The smallest absolute Gasteiger partial charge is 0.253 e. The van der Waals surface area contributed by atoms with E-state index < -0.39 is 0 Å². The van der Waals surface area contributed by atoms with Gasteiger partial charge in [-0.1, -0.05) is 48.0 Å². The van der Waals surface area contributed by atoms with E-state index in [0.717, 1.165) is 41.3 Å². The molecular formula is C22H22N4O. The van der Waals surface area contributed by atoms with Crippen molar-refractivity contribution in [1.82, 2.24) is 14.9 Å². The summed E-state index contributed by atoms with van der Waals surface area (Å²) in [7, 11) is 0. The minimum atomic E-state index is 0.103. The molecule has 5 heteroatoms. The van der Waals surface area contributed by atoms with Crippen LogP contribution in [-0.4, -0.2) is 47.0 Å². The summed E-state index contributed by atoms with van der Waals surface area (Å²) < 4.78 is 0. The molecule has 1 amide bonds. The molecule has 1 fully saturated rings. The van der Waals surface area contributed by atoms with Crippen molar-refractivity contribution >= 4 is 11.7 Å². The van der Waals surface area contributed by atoms with Crippen LogP contribution in [0.2, 0.25) is 0 Å². The molecule has 0 unspecified atom stereocenters. The molecule has 4 rings (SSSR count). The van der Waals surface area contributed by atoms with Crippen LogP contribution in [-0.2, 0) is 0 Å². The Labute approximate surface area is 159 Å². The number of benzene rings is 2. The highest BCUT2D eigenvalue weighted by atomic mass is 16.2. The maximum Gasteiger partial charge on any atom is 0.253 e. The Morgan fingerprint density at radius 1 is 0.889 bits per heavy atom. The molecule has 0 aliphatic carbocycles. The van der Waals surface area contributed by atoms with E-state index in [1.165, 1.54) is 0 Å². The Balaban J connectivity index is 1.44. The van der Waals surface area contributed by atoms with Gasteiger partial charge in [-0.2, -0.15) is 0 Å². The molecule has 136 valence electrons. The zero-order valence-electron chi connectivity index (χ0n) is 15.4. The molecule has 0 spiro atoms. The third-order valence-corrected chi connectivity index (χ3v) is 4.88. The van der Waals surface area contributed by atoms with Crippen molar-refractivity contribution < 1.29 is 4.79 Å². The van der Waals surface area contributed by atoms with E-state index in [-0.39, 0.29) is 5.91 Å². The van der Waals surface area contributed by atoms with Crippen LogP contribution in [0.5, 0.6) is 0 Å². The van der Waals surface area contributed by atoms with Gasteiger partial charge in [-0.3, -0.25) is 4.79 Å². The van der Waals surface area contributed by atoms with Gasteiger partial charge >= 0.3 is 0 Å². The maximum absolute atomic E-state index is 12.7. The first kappa shape index (κ1) is 17.2. The summed E-state index contributed by atoms with van der Waals surface area (Å²) in [5, 5.41) is 0. The molecular weight excluding hydrogens is 336 g/mol. The molecule has 1 aromatic heterocycles. The number of aromatic nitrogens is 2. The fourth-order valence-electron chi connectivity index (χ4n) is 3.39. The van der Waals surface area contributed by atoms with E-state index in [9.17, 15) is 4.79 Å². The summed E-state index contributed by atoms with van der Waals surface area (Å²) in [5.41, 5.74) is 3.86. The summed E-state index contributed by atoms with van der Waals surface area (Å²) in [6.45, 7) is 4.93. The molecule has 1 saturated heterocycles. The fraction of sp³-hybridized carbons (Fsp3) is 0.227. The summed E-state index contributed by atoms with van der Waals surface area (Å²) in [4.78, 5) is 25.7. The first-order chi connectivity index (χ1) is 13.2. The summed E-state index contributed by atoms with van der Waals surface area (Å²) in [6, 6.07) is 19.9. The summed E-state index contributed by atoms with van der Waals surface area (Å²) in [5.74, 6) is 1.01. The third kappa shape index (κ3) is 3.82. The first-order valence-corrected chi connectivity index (χ1v) is 9.19. The Bertz CT molecular complexity index is 934. The molecule has 3 aromatic rings. The molecule has 0 radical (unpaired) electrons. The number of hydrogen-bond donors (Lipinski definition) is 0. The fourth-order valence-corrected chi connectivity index (χ4v) is 3.39. The predicted octanol–water partition coefficient (Wildman–Crippen LogP) is 3.41. The van der Waals surface area contributed by atoms with E-state index in [2.05, 4.69) is 14.9 Å². The molecule has 2 heterocycles. The topological polar surface area (TPSA) is 49.3 Å². The van der Waals surface area contributed by atoms with Crippen LogP contribution in [0.25, 0.3) is 11.3 Å². The van der Waals surface area contributed by atoms with Crippen molar-refractivity contribution in [3.05, 3.63) is 78.1 Å². The molecule has 1 aliphatic rings. The van der Waals surface area contributed by atoms with Crippen LogP contribution in [0, 0.1) is 6.92 Å². The Morgan fingerprint density at radius 2 is 1.67 bits per heavy atom. The number of carbonyl (C=O) groups is 1. The van der Waals surface area contributed by atoms with Gasteiger partial charge in [-0.25, -0.2) is 9.97 Å². The van der Waals surface area contributed by atoms with Crippen LogP contribution in [0.1, 0.15) is 15.9 Å². The van der Waals surface area contributed by atoms with Crippen molar-refractivity contribution in [3.8, 4) is 11.3 Å². The standard InChI is InChI=1S/C22H22N4O/c1-17-6-5-9-19(14-17)22(27)26-12-10-25(11-13-26)21-15-20(23-16-24-21)18-7-3-2-4-8-18/h2-9,14-16H,10-13H2,1H3. The number of amides is 1. The zero-order chi connectivity index (χ0) is 18.6. The molecule has 5 nitrogen and oxygen atoms in total. The summed E-state index contributed by atoms with van der Waals surface area (Å²) >= 11 is 0. The normalized spacial score (nSPS) is 14.3. The number of rotatable bonds is 3. The minimum Gasteiger partial charge on any atom is -0.353 e. The van der Waals surface area contributed by atoms with Gasteiger partial charge in [-0.05, 0) is 19.1 Å². The second kappa shape index (κ2) is 7.58. The van der Waals surface area contributed by atoms with E-state index in [0.29, 0.717) is 13.1 Å². The second-order valence-corrected chi connectivity index (χ2v) is 6.78. The van der Waals surface area contributed by atoms with Crippen LogP contribution < -0.4 is 4.90 Å². The van der Waals surface area contributed by atoms with E-state index in [1.54, 1.807) is 6.33 Å². The van der Waals surface area contributed by atoms with Crippen molar-refractivity contribution in [2.45, 2.75) is 6.92 Å². The van der Waals surface area contributed by atoms with Gasteiger partial charge < -0.3 is 9.80 Å². The lowest BCUT2D eigenvalue weighted by atomic mass is 10.1. The SMILES string of the molecule is Cc1cccc(C(=O)N2CCN(c3cc(-c4ccccc4)ncn3)CC2)c1. The Hall–Kier alpha value is -3.21. The zero-order valence-corrected chi connectivity index (χ0v) is 15.4. The monoisotopic (exact) mass is 358 g/mol. The third-order valence-electron chi connectivity index (χ3n) is 4.88. The van der Waals surface area contributed by atoms with Gasteiger partial charge in [0.1, 0.15) is 12.1 Å². The van der Waals surface area contributed by atoms with Gasteiger partial charge in [0.05, 0.1) is 5.69 Å². The van der Waals surface area contributed by atoms with Crippen molar-refractivity contribution in [2.75, 3.05) is 31.1 Å².